The molecule has 0 aliphatic carbocycles. The number of hydrogen-bond donors (Lipinski definition) is 1. The van der Waals surface area contributed by atoms with E-state index in [1.165, 1.54) is 4.31 Å². The maximum Gasteiger partial charge on any atom is 0.240 e. The van der Waals surface area contributed by atoms with Crippen molar-refractivity contribution in [2.45, 2.75) is 11.8 Å². The van der Waals surface area contributed by atoms with Gasteiger partial charge in [0, 0.05) is 37.8 Å². The van der Waals surface area contributed by atoms with Crippen LogP contribution in [0.3, 0.4) is 0 Å². The number of nitrogens with one attached hydrogen (secondary N) is 1. The average molecular weight is 355 g/mol. The molecule has 1 aromatic carbocycles. The van der Waals surface area contributed by atoms with Gasteiger partial charge in [-0.25, -0.2) is 8.42 Å². The van der Waals surface area contributed by atoms with Crippen LogP contribution < -0.4 is 5.32 Å². The molecule has 1 unspecified atom stereocenters. The monoisotopic (exact) mass is 355 g/mol. The van der Waals surface area contributed by atoms with Crippen LogP contribution >= 0.6 is 11.8 Å². The molecular weight excluding hydrogens is 334 g/mol. The molecule has 2 aliphatic heterocycles. The zero-order valence-electron chi connectivity index (χ0n) is 12.8. The van der Waals surface area contributed by atoms with Gasteiger partial charge in [-0.2, -0.15) is 4.31 Å². The first-order valence-corrected chi connectivity index (χ1v) is 10.4. The second kappa shape index (κ2) is 7.21. The van der Waals surface area contributed by atoms with E-state index in [1.807, 2.05) is 30.3 Å². The summed E-state index contributed by atoms with van der Waals surface area (Å²) in [5, 5.41) is 3.17. The summed E-state index contributed by atoms with van der Waals surface area (Å²) >= 11 is 1.72. The number of thioether (sulfide) groups is 1. The Hall–Kier alpha value is -1.09. The molecule has 0 aromatic heterocycles. The topological polar surface area (TPSA) is 69.7 Å². The van der Waals surface area contributed by atoms with Crippen LogP contribution in [-0.4, -0.2) is 67.4 Å². The van der Waals surface area contributed by atoms with E-state index in [-0.39, 0.29) is 17.7 Å². The van der Waals surface area contributed by atoms with Gasteiger partial charge in [0.15, 0.2) is 0 Å². The van der Waals surface area contributed by atoms with Crippen molar-refractivity contribution in [3.63, 3.8) is 0 Å². The number of amides is 1. The Morgan fingerprint density at radius 1 is 1.17 bits per heavy atom. The number of carbonyl (C=O) groups is 1. The largest absolute Gasteiger partial charge is 0.339 e. The summed E-state index contributed by atoms with van der Waals surface area (Å²) in [6.07, 6.45) is 0. The predicted molar refractivity (Wildman–Crippen MR) is 91.5 cm³/mol. The molecule has 0 saturated carbocycles. The van der Waals surface area contributed by atoms with Gasteiger partial charge >= 0.3 is 0 Å². The van der Waals surface area contributed by atoms with E-state index in [0.717, 1.165) is 17.2 Å². The molecule has 3 rings (SSSR count). The van der Waals surface area contributed by atoms with E-state index in [0.29, 0.717) is 26.2 Å². The quantitative estimate of drug-likeness (QED) is 0.843. The minimum Gasteiger partial charge on any atom is -0.339 e. The Labute approximate surface area is 141 Å². The van der Waals surface area contributed by atoms with Crippen LogP contribution in [-0.2, 0) is 20.6 Å². The molecule has 2 fully saturated rings. The average Bonchev–Trinajstić information content (AvgIpc) is 3.09. The van der Waals surface area contributed by atoms with Crippen molar-refractivity contribution in [3.05, 3.63) is 35.9 Å². The molecule has 2 saturated heterocycles. The van der Waals surface area contributed by atoms with Crippen molar-refractivity contribution < 1.29 is 13.2 Å². The molecule has 2 aliphatic rings. The molecule has 6 nitrogen and oxygen atoms in total. The number of piperazine rings is 1. The highest BCUT2D eigenvalue weighted by Crippen LogP contribution is 2.16. The van der Waals surface area contributed by atoms with Crippen molar-refractivity contribution in [3.8, 4) is 0 Å². The highest BCUT2D eigenvalue weighted by atomic mass is 32.2. The van der Waals surface area contributed by atoms with Gasteiger partial charge in [-0.1, -0.05) is 30.3 Å². The lowest BCUT2D eigenvalue weighted by molar-refractivity contribution is -0.133. The van der Waals surface area contributed by atoms with Gasteiger partial charge in [-0.3, -0.25) is 10.1 Å². The third-order valence-corrected chi connectivity index (χ3v) is 6.94. The van der Waals surface area contributed by atoms with Crippen LogP contribution in [0.25, 0.3) is 0 Å². The molecule has 1 amide bonds. The van der Waals surface area contributed by atoms with Crippen LogP contribution in [0.2, 0.25) is 0 Å². The van der Waals surface area contributed by atoms with Crippen molar-refractivity contribution in [2.75, 3.05) is 37.8 Å². The first kappa shape index (κ1) is 16.8. The molecule has 2 heterocycles. The van der Waals surface area contributed by atoms with Crippen molar-refractivity contribution in [2.24, 2.45) is 0 Å². The fraction of sp³-hybridized carbons (Fsp3) is 0.533. The summed E-state index contributed by atoms with van der Waals surface area (Å²) in [6.45, 7) is 1.69. The fourth-order valence-electron chi connectivity index (χ4n) is 2.84. The number of carbonyl (C=O) groups excluding carboxylic acids is 1. The van der Waals surface area contributed by atoms with Gasteiger partial charge < -0.3 is 4.90 Å². The van der Waals surface area contributed by atoms with Gasteiger partial charge in [-0.15, -0.1) is 11.8 Å². The van der Waals surface area contributed by atoms with Gasteiger partial charge in [0.2, 0.25) is 15.9 Å². The third kappa shape index (κ3) is 4.06. The third-order valence-electron chi connectivity index (χ3n) is 4.15. The summed E-state index contributed by atoms with van der Waals surface area (Å²) < 4.78 is 26.5. The van der Waals surface area contributed by atoms with E-state index in [2.05, 4.69) is 5.32 Å². The van der Waals surface area contributed by atoms with Gasteiger partial charge in [-0.05, 0) is 5.56 Å². The second-order valence-electron chi connectivity index (χ2n) is 5.74. The molecule has 0 spiro atoms. The van der Waals surface area contributed by atoms with Crippen molar-refractivity contribution in [1.29, 1.82) is 0 Å². The molecule has 1 aromatic rings. The number of rotatable bonds is 4. The van der Waals surface area contributed by atoms with E-state index in [1.54, 1.807) is 16.7 Å². The SMILES string of the molecule is O=C(C1CSCN1)N1CCN(S(=O)(=O)Cc2ccccc2)CC1. The molecule has 0 bridgehead atoms. The number of hydrogen-bond acceptors (Lipinski definition) is 5. The lowest BCUT2D eigenvalue weighted by atomic mass is 10.2. The van der Waals surface area contributed by atoms with Crippen LogP contribution in [0, 0.1) is 0 Å². The second-order valence-corrected chi connectivity index (χ2v) is 8.74. The normalized spacial score (nSPS) is 23.1. The zero-order valence-corrected chi connectivity index (χ0v) is 14.5. The van der Waals surface area contributed by atoms with E-state index in [4.69, 9.17) is 0 Å². The fourth-order valence-corrected chi connectivity index (χ4v) is 5.29. The Bertz CT molecular complexity index is 637. The highest BCUT2D eigenvalue weighted by molar-refractivity contribution is 7.99. The van der Waals surface area contributed by atoms with Crippen LogP contribution in [0.5, 0.6) is 0 Å². The van der Waals surface area contributed by atoms with Gasteiger partial charge in [0.05, 0.1) is 11.8 Å². The summed E-state index contributed by atoms with van der Waals surface area (Å²) in [5.41, 5.74) is 0.790. The molecule has 23 heavy (non-hydrogen) atoms. The first-order chi connectivity index (χ1) is 11.1. The van der Waals surface area contributed by atoms with Gasteiger partial charge in [0.25, 0.3) is 0 Å². The minimum absolute atomic E-state index is 0.0165. The number of sulfonamides is 1. The number of benzene rings is 1. The Balaban J connectivity index is 1.56. The molecule has 0 radical (unpaired) electrons. The molecule has 126 valence electrons. The summed E-state index contributed by atoms with van der Waals surface area (Å²) in [7, 11) is -3.33. The maximum absolute atomic E-state index is 12.5. The van der Waals surface area contributed by atoms with Gasteiger partial charge in [0.1, 0.15) is 0 Å². The zero-order chi connectivity index (χ0) is 16.3. The first-order valence-electron chi connectivity index (χ1n) is 7.68. The summed E-state index contributed by atoms with van der Waals surface area (Å²) in [4.78, 5) is 14.1. The summed E-state index contributed by atoms with van der Waals surface area (Å²) in [6, 6.07) is 9.08. The van der Waals surface area contributed by atoms with E-state index >= 15 is 0 Å². The van der Waals surface area contributed by atoms with Crippen LogP contribution in [0.4, 0.5) is 0 Å². The van der Waals surface area contributed by atoms with Crippen LogP contribution in [0.1, 0.15) is 5.56 Å². The maximum atomic E-state index is 12.5. The predicted octanol–water partition coefficient (Wildman–Crippen LogP) is 0.323. The minimum atomic E-state index is -3.33. The molecule has 1 N–H and O–H groups in total. The van der Waals surface area contributed by atoms with Crippen molar-refractivity contribution in [1.82, 2.24) is 14.5 Å². The number of nitrogens with zero attached hydrogens (tertiary/aromatic N) is 2. The highest BCUT2D eigenvalue weighted by Gasteiger charge is 2.32. The van der Waals surface area contributed by atoms with Crippen molar-refractivity contribution >= 4 is 27.7 Å². The lowest BCUT2D eigenvalue weighted by Crippen LogP contribution is -2.54. The Morgan fingerprint density at radius 3 is 2.48 bits per heavy atom. The summed E-state index contributed by atoms with van der Waals surface area (Å²) in [5.74, 6) is 1.71. The lowest BCUT2D eigenvalue weighted by Gasteiger charge is -2.35. The van der Waals surface area contributed by atoms with E-state index in [9.17, 15) is 13.2 Å². The van der Waals surface area contributed by atoms with Crippen LogP contribution in [0.15, 0.2) is 30.3 Å². The standard InChI is InChI=1S/C15H21N3O3S2/c19-15(14-10-22-12-16-14)17-6-8-18(9-7-17)23(20,21)11-13-4-2-1-3-5-13/h1-5,14,16H,6-12H2. The molecular formula is C15H21N3O3S2. The molecule has 8 heteroatoms. The van der Waals surface area contributed by atoms with E-state index < -0.39 is 10.0 Å². The Morgan fingerprint density at radius 2 is 1.87 bits per heavy atom. The Kier molecular flexibility index (Phi) is 5.25. The molecule has 1 atom stereocenters. The smallest absolute Gasteiger partial charge is 0.240 e.